The van der Waals surface area contributed by atoms with Crippen LogP contribution in [0.15, 0.2) is 0 Å². The molecule has 1 aliphatic carbocycles. The Morgan fingerprint density at radius 2 is 1.67 bits per heavy atom. The molecule has 2 aliphatic heterocycles. The fourth-order valence-corrected chi connectivity index (χ4v) is 3.56. The molecule has 0 aromatic carbocycles. The monoisotopic (exact) mass is 209 g/mol. The van der Waals surface area contributed by atoms with Gasteiger partial charge in [-0.1, -0.05) is 25.7 Å². The summed E-state index contributed by atoms with van der Waals surface area (Å²) in [6.07, 6.45) is 13.6. The summed E-state index contributed by atoms with van der Waals surface area (Å²) in [4.78, 5) is 0. The molecular formula is C13H23NO. The molecule has 1 saturated carbocycles. The standard InChI is InChI=1S/C13H23NO/c1-2-4-6-10(5-3-1)14-12-9-11-7-8-13(12)15-11/h10-14H,1-9H2. The Labute approximate surface area is 92.8 Å². The van der Waals surface area contributed by atoms with E-state index in [9.17, 15) is 0 Å². The molecule has 0 amide bonds. The van der Waals surface area contributed by atoms with Crippen LogP contribution in [0.1, 0.15) is 57.8 Å². The second kappa shape index (κ2) is 4.42. The van der Waals surface area contributed by atoms with Crippen LogP contribution in [0.4, 0.5) is 0 Å². The lowest BCUT2D eigenvalue weighted by atomic mass is 9.94. The van der Waals surface area contributed by atoms with Gasteiger partial charge in [0.2, 0.25) is 0 Å². The van der Waals surface area contributed by atoms with Gasteiger partial charge in [-0.25, -0.2) is 0 Å². The third-order valence-electron chi connectivity index (χ3n) is 4.41. The zero-order valence-corrected chi connectivity index (χ0v) is 9.58. The first-order valence-electron chi connectivity index (χ1n) is 6.83. The molecule has 86 valence electrons. The Balaban J connectivity index is 1.51. The molecule has 2 heterocycles. The molecule has 2 bridgehead atoms. The number of ether oxygens (including phenoxy) is 1. The molecule has 3 unspecified atom stereocenters. The first kappa shape index (κ1) is 10.1. The highest BCUT2D eigenvalue weighted by molar-refractivity contribution is 4.95. The van der Waals surface area contributed by atoms with Crippen LogP contribution < -0.4 is 5.32 Å². The van der Waals surface area contributed by atoms with Crippen LogP contribution in [0.3, 0.4) is 0 Å². The lowest BCUT2D eigenvalue weighted by Crippen LogP contribution is -2.43. The molecular weight excluding hydrogens is 186 g/mol. The van der Waals surface area contributed by atoms with E-state index in [4.69, 9.17) is 4.74 Å². The highest BCUT2D eigenvalue weighted by atomic mass is 16.5. The maximum Gasteiger partial charge on any atom is 0.0733 e. The first-order valence-corrected chi connectivity index (χ1v) is 6.83. The van der Waals surface area contributed by atoms with Gasteiger partial charge in [0.05, 0.1) is 12.2 Å². The summed E-state index contributed by atoms with van der Waals surface area (Å²) in [5.41, 5.74) is 0. The Bertz CT molecular complexity index is 211. The molecule has 3 atom stereocenters. The molecule has 3 rings (SSSR count). The van der Waals surface area contributed by atoms with Gasteiger partial charge in [-0.2, -0.15) is 0 Å². The maximum absolute atomic E-state index is 5.90. The van der Waals surface area contributed by atoms with Crippen LogP contribution in [0.25, 0.3) is 0 Å². The van der Waals surface area contributed by atoms with E-state index in [2.05, 4.69) is 5.32 Å². The van der Waals surface area contributed by atoms with Gasteiger partial charge in [0.1, 0.15) is 0 Å². The summed E-state index contributed by atoms with van der Waals surface area (Å²) >= 11 is 0. The maximum atomic E-state index is 5.90. The minimum absolute atomic E-state index is 0.554. The highest BCUT2D eigenvalue weighted by Gasteiger charge is 2.41. The van der Waals surface area contributed by atoms with Crippen LogP contribution in [0.2, 0.25) is 0 Å². The van der Waals surface area contributed by atoms with Crippen molar-refractivity contribution >= 4 is 0 Å². The quantitative estimate of drug-likeness (QED) is 0.706. The molecule has 0 radical (unpaired) electrons. The summed E-state index contributed by atoms with van der Waals surface area (Å²) < 4.78 is 5.90. The van der Waals surface area contributed by atoms with Crippen molar-refractivity contribution in [2.24, 2.45) is 0 Å². The molecule has 0 aromatic rings. The number of hydrogen-bond donors (Lipinski definition) is 1. The van der Waals surface area contributed by atoms with Crippen molar-refractivity contribution in [3.05, 3.63) is 0 Å². The van der Waals surface area contributed by atoms with E-state index < -0.39 is 0 Å². The topological polar surface area (TPSA) is 21.3 Å². The van der Waals surface area contributed by atoms with Crippen LogP contribution in [-0.4, -0.2) is 24.3 Å². The molecule has 2 saturated heterocycles. The van der Waals surface area contributed by atoms with Crippen LogP contribution in [0.5, 0.6) is 0 Å². The Hall–Kier alpha value is -0.0800. The highest BCUT2D eigenvalue weighted by Crippen LogP contribution is 2.35. The molecule has 2 nitrogen and oxygen atoms in total. The van der Waals surface area contributed by atoms with Crippen LogP contribution in [-0.2, 0) is 4.74 Å². The van der Waals surface area contributed by atoms with Gasteiger partial charge in [0.25, 0.3) is 0 Å². The smallest absolute Gasteiger partial charge is 0.0733 e. The fourth-order valence-electron chi connectivity index (χ4n) is 3.56. The minimum atomic E-state index is 0.554. The average Bonchev–Trinajstić information content (AvgIpc) is 2.75. The second-order valence-corrected chi connectivity index (χ2v) is 5.57. The van der Waals surface area contributed by atoms with Gasteiger partial charge >= 0.3 is 0 Å². The summed E-state index contributed by atoms with van der Waals surface area (Å²) in [7, 11) is 0. The van der Waals surface area contributed by atoms with Crippen molar-refractivity contribution < 1.29 is 4.74 Å². The number of nitrogens with one attached hydrogen (secondary N) is 1. The first-order chi connectivity index (χ1) is 7.42. The largest absolute Gasteiger partial charge is 0.373 e. The van der Waals surface area contributed by atoms with Crippen LogP contribution >= 0.6 is 0 Å². The molecule has 0 spiro atoms. The normalized spacial score (nSPS) is 42.0. The third-order valence-corrected chi connectivity index (χ3v) is 4.41. The van der Waals surface area contributed by atoms with Crippen molar-refractivity contribution in [1.29, 1.82) is 0 Å². The molecule has 2 heteroatoms. The molecule has 1 N–H and O–H groups in total. The second-order valence-electron chi connectivity index (χ2n) is 5.57. The molecule has 3 fully saturated rings. The van der Waals surface area contributed by atoms with E-state index in [0.717, 1.165) is 6.04 Å². The zero-order valence-electron chi connectivity index (χ0n) is 9.58. The Kier molecular flexibility index (Phi) is 2.98. The Morgan fingerprint density at radius 1 is 0.867 bits per heavy atom. The van der Waals surface area contributed by atoms with E-state index in [1.54, 1.807) is 0 Å². The zero-order chi connectivity index (χ0) is 10.1. The molecule has 0 aromatic heterocycles. The fraction of sp³-hybridized carbons (Fsp3) is 1.00. The number of hydrogen-bond acceptors (Lipinski definition) is 2. The summed E-state index contributed by atoms with van der Waals surface area (Å²) in [6.45, 7) is 0. The summed E-state index contributed by atoms with van der Waals surface area (Å²) in [5, 5.41) is 3.86. The van der Waals surface area contributed by atoms with Gasteiger partial charge in [0, 0.05) is 12.1 Å². The van der Waals surface area contributed by atoms with Gasteiger partial charge in [0.15, 0.2) is 0 Å². The van der Waals surface area contributed by atoms with E-state index in [-0.39, 0.29) is 0 Å². The van der Waals surface area contributed by atoms with E-state index in [1.807, 2.05) is 0 Å². The van der Waals surface area contributed by atoms with Gasteiger partial charge < -0.3 is 10.1 Å². The molecule has 15 heavy (non-hydrogen) atoms. The van der Waals surface area contributed by atoms with E-state index in [0.29, 0.717) is 18.2 Å². The Morgan fingerprint density at radius 3 is 2.27 bits per heavy atom. The van der Waals surface area contributed by atoms with Gasteiger partial charge in [-0.3, -0.25) is 0 Å². The number of fused-ring (bicyclic) bond motifs is 2. The summed E-state index contributed by atoms with van der Waals surface area (Å²) in [6, 6.07) is 1.48. The lowest BCUT2D eigenvalue weighted by Gasteiger charge is -2.26. The number of rotatable bonds is 2. The van der Waals surface area contributed by atoms with Crippen molar-refractivity contribution in [3.8, 4) is 0 Å². The van der Waals surface area contributed by atoms with Crippen molar-refractivity contribution in [2.75, 3.05) is 0 Å². The molecule has 3 aliphatic rings. The van der Waals surface area contributed by atoms with Crippen molar-refractivity contribution in [3.63, 3.8) is 0 Å². The van der Waals surface area contributed by atoms with Crippen molar-refractivity contribution in [2.45, 2.75) is 82.1 Å². The predicted octanol–water partition coefficient (Wildman–Crippen LogP) is 2.62. The van der Waals surface area contributed by atoms with Crippen molar-refractivity contribution in [1.82, 2.24) is 5.32 Å². The van der Waals surface area contributed by atoms with E-state index in [1.165, 1.54) is 57.8 Å². The average molecular weight is 209 g/mol. The minimum Gasteiger partial charge on any atom is -0.373 e. The van der Waals surface area contributed by atoms with Gasteiger partial charge in [-0.05, 0) is 32.1 Å². The van der Waals surface area contributed by atoms with Crippen LogP contribution in [0, 0.1) is 0 Å². The van der Waals surface area contributed by atoms with E-state index >= 15 is 0 Å². The van der Waals surface area contributed by atoms with Gasteiger partial charge in [-0.15, -0.1) is 0 Å². The third kappa shape index (κ3) is 2.21. The lowest BCUT2D eigenvalue weighted by molar-refractivity contribution is 0.0956. The SMILES string of the molecule is C1CCCC(NC2CC3CCC2O3)CC1. The predicted molar refractivity (Wildman–Crippen MR) is 60.9 cm³/mol. The summed E-state index contributed by atoms with van der Waals surface area (Å²) in [5.74, 6) is 0.